The van der Waals surface area contributed by atoms with Gasteiger partial charge in [0.2, 0.25) is 10.0 Å². The van der Waals surface area contributed by atoms with E-state index in [4.69, 9.17) is 0 Å². The third-order valence-corrected chi connectivity index (χ3v) is 8.67. The number of hydrogen-bond donors (Lipinski definition) is 1. The lowest BCUT2D eigenvalue weighted by Gasteiger charge is -2.35. The highest BCUT2D eigenvalue weighted by Gasteiger charge is 2.39. The minimum absolute atomic E-state index is 0.160. The molecule has 2 aliphatic rings. The molecule has 0 radical (unpaired) electrons. The summed E-state index contributed by atoms with van der Waals surface area (Å²) in [6.45, 7) is 5.91. The van der Waals surface area contributed by atoms with Gasteiger partial charge in [-0.05, 0) is 35.6 Å². The summed E-state index contributed by atoms with van der Waals surface area (Å²) in [6, 6.07) is 15.8. The zero-order valence-corrected chi connectivity index (χ0v) is 20.5. The molecule has 9 heteroatoms. The molecule has 2 saturated heterocycles. The van der Waals surface area contributed by atoms with E-state index in [1.165, 1.54) is 9.21 Å². The van der Waals surface area contributed by atoms with Crippen LogP contribution in [0, 0.1) is 0 Å². The molecule has 8 nitrogen and oxygen atoms in total. The Balaban J connectivity index is 1.33. The number of amides is 3. The van der Waals surface area contributed by atoms with Gasteiger partial charge in [0.25, 0.3) is 5.91 Å². The number of nitrogens with one attached hydrogen (secondary N) is 1. The molecule has 182 valence electrons. The molecule has 3 amide bonds. The van der Waals surface area contributed by atoms with Gasteiger partial charge in [0.05, 0.1) is 11.6 Å². The second kappa shape index (κ2) is 10.2. The van der Waals surface area contributed by atoms with Crippen LogP contribution in [0.1, 0.15) is 37.3 Å². The Morgan fingerprint density at radius 1 is 0.971 bits per heavy atom. The number of nitrogens with zero attached hydrogens (tertiary/aromatic N) is 3. The molecule has 2 aromatic carbocycles. The molecule has 2 atom stereocenters. The van der Waals surface area contributed by atoms with Gasteiger partial charge in [0.1, 0.15) is 6.04 Å². The van der Waals surface area contributed by atoms with Gasteiger partial charge in [-0.3, -0.25) is 9.69 Å². The highest BCUT2D eigenvalue weighted by atomic mass is 32.2. The van der Waals surface area contributed by atoms with Crippen LogP contribution in [0.4, 0.5) is 4.79 Å². The van der Waals surface area contributed by atoms with Crippen LogP contribution in [0.5, 0.6) is 0 Å². The summed E-state index contributed by atoms with van der Waals surface area (Å²) in [5.74, 6) is 0.142. The van der Waals surface area contributed by atoms with Crippen LogP contribution in [0.15, 0.2) is 59.5 Å². The number of imide groups is 1. The van der Waals surface area contributed by atoms with E-state index in [0.717, 1.165) is 17.5 Å². The third-order valence-electron chi connectivity index (χ3n) is 6.76. The first kappa shape index (κ1) is 24.4. The van der Waals surface area contributed by atoms with E-state index in [2.05, 4.69) is 19.2 Å². The van der Waals surface area contributed by atoms with Crippen LogP contribution in [0.25, 0.3) is 0 Å². The summed E-state index contributed by atoms with van der Waals surface area (Å²) in [7, 11) is -3.58. The molecule has 0 aliphatic carbocycles. The van der Waals surface area contributed by atoms with Crippen molar-refractivity contribution < 1.29 is 18.0 Å². The first-order valence-corrected chi connectivity index (χ1v) is 13.2. The topological polar surface area (TPSA) is 90.0 Å². The van der Waals surface area contributed by atoms with Crippen LogP contribution in [0.2, 0.25) is 0 Å². The smallest absolute Gasteiger partial charge is 0.325 e. The standard InChI is InChI=1S/C25H32N4O4S/c1-3-19(2)21-9-11-22(12-10-21)34(32,33)28-15-13-27(14-16-28)18-29-24(30)23(26-25(29)31)17-20-7-5-4-6-8-20/h4-12,19,23H,3,13-18H2,1-2H3,(H,26,31). The van der Waals surface area contributed by atoms with E-state index in [-0.39, 0.29) is 12.6 Å². The molecule has 0 spiro atoms. The minimum atomic E-state index is -3.58. The van der Waals surface area contributed by atoms with E-state index < -0.39 is 22.1 Å². The lowest BCUT2D eigenvalue weighted by atomic mass is 9.99. The molecular formula is C25H32N4O4S. The van der Waals surface area contributed by atoms with Gasteiger partial charge >= 0.3 is 6.03 Å². The van der Waals surface area contributed by atoms with Gasteiger partial charge in [0.15, 0.2) is 0 Å². The maximum absolute atomic E-state index is 13.1. The van der Waals surface area contributed by atoms with Crippen molar-refractivity contribution in [1.82, 2.24) is 19.4 Å². The monoisotopic (exact) mass is 484 g/mol. The zero-order chi connectivity index (χ0) is 24.3. The molecule has 0 saturated carbocycles. The quantitative estimate of drug-likeness (QED) is 0.582. The number of carbonyl (C=O) groups is 2. The number of piperazine rings is 1. The molecule has 34 heavy (non-hydrogen) atoms. The van der Waals surface area contributed by atoms with Gasteiger partial charge in [-0.25, -0.2) is 18.1 Å². The summed E-state index contributed by atoms with van der Waals surface area (Å²) in [5, 5.41) is 2.77. The van der Waals surface area contributed by atoms with Crippen LogP contribution >= 0.6 is 0 Å². The Bertz CT molecular complexity index is 1110. The third kappa shape index (κ3) is 5.16. The second-order valence-electron chi connectivity index (χ2n) is 9.00. The zero-order valence-electron chi connectivity index (χ0n) is 19.7. The fourth-order valence-corrected chi connectivity index (χ4v) is 5.79. The van der Waals surface area contributed by atoms with Crippen molar-refractivity contribution in [3.05, 3.63) is 65.7 Å². The van der Waals surface area contributed by atoms with Crippen molar-refractivity contribution in [3.8, 4) is 0 Å². The number of hydrogen-bond acceptors (Lipinski definition) is 5. The van der Waals surface area contributed by atoms with E-state index in [9.17, 15) is 18.0 Å². The van der Waals surface area contributed by atoms with E-state index in [0.29, 0.717) is 43.4 Å². The molecule has 0 bridgehead atoms. The Morgan fingerprint density at radius 2 is 1.62 bits per heavy atom. The number of carbonyl (C=O) groups excluding carboxylic acids is 2. The van der Waals surface area contributed by atoms with Gasteiger partial charge in [-0.2, -0.15) is 4.31 Å². The van der Waals surface area contributed by atoms with Crippen LogP contribution in [-0.2, 0) is 21.2 Å². The van der Waals surface area contributed by atoms with E-state index >= 15 is 0 Å². The molecule has 2 unspecified atom stereocenters. The molecular weight excluding hydrogens is 452 g/mol. The summed E-state index contributed by atoms with van der Waals surface area (Å²) in [6.07, 6.45) is 1.45. The van der Waals surface area contributed by atoms with Gasteiger partial charge in [-0.15, -0.1) is 0 Å². The molecule has 1 N–H and O–H groups in total. The number of urea groups is 1. The first-order valence-electron chi connectivity index (χ1n) is 11.8. The Morgan fingerprint density at radius 3 is 2.24 bits per heavy atom. The largest absolute Gasteiger partial charge is 0.325 e. The van der Waals surface area contributed by atoms with Gasteiger partial charge < -0.3 is 5.32 Å². The number of rotatable bonds is 8. The molecule has 0 aromatic heterocycles. The normalized spacial score (nSPS) is 21.0. The van der Waals surface area contributed by atoms with Crippen LogP contribution in [-0.4, -0.2) is 73.4 Å². The van der Waals surface area contributed by atoms with E-state index in [1.807, 2.05) is 47.4 Å². The summed E-state index contributed by atoms with van der Waals surface area (Å²) >= 11 is 0. The van der Waals surface area contributed by atoms with Crippen molar-refractivity contribution in [3.63, 3.8) is 0 Å². The number of sulfonamides is 1. The van der Waals surface area contributed by atoms with Crippen molar-refractivity contribution >= 4 is 22.0 Å². The Labute approximate surface area is 201 Å². The molecule has 4 rings (SSSR count). The lowest BCUT2D eigenvalue weighted by Crippen LogP contribution is -2.52. The highest BCUT2D eigenvalue weighted by molar-refractivity contribution is 7.89. The summed E-state index contributed by atoms with van der Waals surface area (Å²) in [5.41, 5.74) is 2.12. The maximum Gasteiger partial charge on any atom is 0.325 e. The SMILES string of the molecule is CCC(C)c1ccc(S(=O)(=O)N2CCN(CN3C(=O)NC(Cc4ccccc4)C3=O)CC2)cc1. The van der Waals surface area contributed by atoms with E-state index in [1.54, 1.807) is 12.1 Å². The maximum atomic E-state index is 13.1. The summed E-state index contributed by atoms with van der Waals surface area (Å²) in [4.78, 5) is 28.7. The number of benzene rings is 2. The average molecular weight is 485 g/mol. The average Bonchev–Trinajstić information content (AvgIpc) is 3.11. The van der Waals surface area contributed by atoms with Crippen LogP contribution < -0.4 is 5.32 Å². The van der Waals surface area contributed by atoms with Crippen molar-refractivity contribution in [2.45, 2.75) is 43.5 Å². The first-order chi connectivity index (χ1) is 16.3. The summed E-state index contributed by atoms with van der Waals surface area (Å²) < 4.78 is 27.7. The predicted molar refractivity (Wildman–Crippen MR) is 130 cm³/mol. The van der Waals surface area contributed by atoms with Gasteiger partial charge in [0, 0.05) is 32.6 Å². The van der Waals surface area contributed by atoms with Crippen molar-refractivity contribution in [1.29, 1.82) is 0 Å². The lowest BCUT2D eigenvalue weighted by molar-refractivity contribution is -0.129. The molecule has 2 aromatic rings. The molecule has 2 fully saturated rings. The van der Waals surface area contributed by atoms with Gasteiger partial charge in [-0.1, -0.05) is 56.3 Å². The highest BCUT2D eigenvalue weighted by Crippen LogP contribution is 2.23. The Kier molecular flexibility index (Phi) is 7.35. The fourth-order valence-electron chi connectivity index (χ4n) is 4.36. The van der Waals surface area contributed by atoms with Crippen LogP contribution in [0.3, 0.4) is 0 Å². The van der Waals surface area contributed by atoms with Crippen molar-refractivity contribution in [2.75, 3.05) is 32.8 Å². The fraction of sp³-hybridized carbons (Fsp3) is 0.440. The molecule has 2 aliphatic heterocycles. The molecule has 2 heterocycles. The predicted octanol–water partition coefficient (Wildman–Crippen LogP) is 2.63. The second-order valence-corrected chi connectivity index (χ2v) is 10.9. The minimum Gasteiger partial charge on any atom is -0.325 e. The Hall–Kier alpha value is -2.75. The van der Waals surface area contributed by atoms with Crippen molar-refractivity contribution in [2.24, 2.45) is 0 Å².